The number of rotatable bonds is 3. The Morgan fingerprint density at radius 1 is 1.15 bits per heavy atom. The van der Waals surface area contributed by atoms with Crippen LogP contribution in [0.15, 0.2) is 30.3 Å². The number of carbonyl (C=O) groups is 2. The number of hydrogen-bond acceptors (Lipinski definition) is 3. The molecule has 68 valence electrons. The van der Waals surface area contributed by atoms with E-state index >= 15 is 0 Å². The van der Waals surface area contributed by atoms with E-state index < -0.39 is 17.9 Å². The molecule has 13 heavy (non-hydrogen) atoms. The van der Waals surface area contributed by atoms with Gasteiger partial charge in [-0.15, -0.1) is 0 Å². The van der Waals surface area contributed by atoms with Gasteiger partial charge in [0.05, 0.1) is 0 Å². The highest BCUT2D eigenvalue weighted by molar-refractivity contribution is 6.34. The summed E-state index contributed by atoms with van der Waals surface area (Å²) in [6.07, 6.45) is -1.57. The van der Waals surface area contributed by atoms with E-state index in [4.69, 9.17) is 5.11 Å². The molecule has 0 fully saturated rings. The Bertz CT molecular complexity index is 318. The smallest absolute Gasteiger partial charge is 0.375 e. The minimum Gasteiger partial charge on any atom is -0.475 e. The fourth-order valence-corrected chi connectivity index (χ4v) is 0.904. The Morgan fingerprint density at radius 3 is 2.15 bits per heavy atom. The van der Waals surface area contributed by atoms with Crippen LogP contribution in [0.25, 0.3) is 0 Å². The second kappa shape index (κ2) is 3.82. The summed E-state index contributed by atoms with van der Waals surface area (Å²) in [6, 6.07) is 7.93. The van der Waals surface area contributed by atoms with Crippen molar-refractivity contribution >= 4 is 11.8 Å². The van der Waals surface area contributed by atoms with Crippen molar-refractivity contribution in [2.75, 3.05) is 0 Å². The number of aliphatic hydroxyl groups is 1. The second-order valence-corrected chi connectivity index (χ2v) is 2.48. The van der Waals surface area contributed by atoms with Crippen LogP contribution in [0.1, 0.15) is 11.7 Å². The Balaban J connectivity index is 2.86. The summed E-state index contributed by atoms with van der Waals surface area (Å²) in [5.41, 5.74) is 0.287. The Labute approximate surface area is 74.4 Å². The normalized spacial score (nSPS) is 12.1. The van der Waals surface area contributed by atoms with Gasteiger partial charge in [0.25, 0.3) is 5.78 Å². The third kappa shape index (κ3) is 2.13. The first kappa shape index (κ1) is 9.41. The van der Waals surface area contributed by atoms with Crippen LogP contribution in [0, 0.1) is 0 Å². The maximum absolute atomic E-state index is 10.8. The zero-order valence-corrected chi connectivity index (χ0v) is 6.68. The van der Waals surface area contributed by atoms with E-state index in [9.17, 15) is 14.7 Å². The van der Waals surface area contributed by atoms with Gasteiger partial charge in [-0.05, 0) is 5.56 Å². The molecule has 0 saturated carbocycles. The largest absolute Gasteiger partial charge is 0.475 e. The third-order valence-electron chi connectivity index (χ3n) is 1.57. The molecular formula is C9H8O4. The monoisotopic (exact) mass is 180 g/mol. The summed E-state index contributed by atoms with van der Waals surface area (Å²) < 4.78 is 0. The van der Waals surface area contributed by atoms with Crippen LogP contribution < -0.4 is 0 Å². The van der Waals surface area contributed by atoms with E-state index in [1.807, 2.05) is 0 Å². The van der Waals surface area contributed by atoms with Crippen LogP contribution >= 0.6 is 0 Å². The van der Waals surface area contributed by atoms with Crippen molar-refractivity contribution in [1.82, 2.24) is 0 Å². The first-order valence-corrected chi connectivity index (χ1v) is 3.63. The Hall–Kier alpha value is -1.68. The molecule has 4 heteroatoms. The highest BCUT2D eigenvalue weighted by Gasteiger charge is 2.23. The summed E-state index contributed by atoms with van der Waals surface area (Å²) in [5.74, 6) is -2.84. The highest BCUT2D eigenvalue weighted by Crippen LogP contribution is 2.12. The van der Waals surface area contributed by atoms with E-state index in [2.05, 4.69) is 0 Å². The molecule has 1 aromatic carbocycles. The maximum Gasteiger partial charge on any atom is 0.375 e. The van der Waals surface area contributed by atoms with E-state index in [1.54, 1.807) is 18.2 Å². The van der Waals surface area contributed by atoms with Crippen molar-refractivity contribution in [1.29, 1.82) is 0 Å². The van der Waals surface area contributed by atoms with Crippen LogP contribution in [0.3, 0.4) is 0 Å². The predicted octanol–water partition coefficient (Wildman–Crippen LogP) is 0.374. The average molecular weight is 180 g/mol. The van der Waals surface area contributed by atoms with Gasteiger partial charge < -0.3 is 10.2 Å². The number of carbonyl (C=O) groups excluding carboxylic acids is 1. The number of ketones is 1. The van der Waals surface area contributed by atoms with Gasteiger partial charge >= 0.3 is 5.97 Å². The predicted molar refractivity (Wildman–Crippen MR) is 44.0 cm³/mol. The quantitative estimate of drug-likeness (QED) is 0.659. The number of carboxylic acids is 1. The minimum absolute atomic E-state index is 0.287. The van der Waals surface area contributed by atoms with E-state index in [0.717, 1.165) is 0 Å². The number of carboxylic acid groups (broad SMARTS) is 1. The molecule has 1 aromatic rings. The van der Waals surface area contributed by atoms with Gasteiger partial charge in [-0.3, -0.25) is 4.79 Å². The van der Waals surface area contributed by atoms with Crippen LogP contribution in [-0.4, -0.2) is 22.0 Å². The van der Waals surface area contributed by atoms with Gasteiger partial charge in [-0.2, -0.15) is 0 Å². The van der Waals surface area contributed by atoms with Crippen molar-refractivity contribution < 1.29 is 19.8 Å². The van der Waals surface area contributed by atoms with Crippen molar-refractivity contribution in [3.8, 4) is 0 Å². The van der Waals surface area contributed by atoms with Gasteiger partial charge in [0.2, 0.25) is 0 Å². The summed E-state index contributed by atoms with van der Waals surface area (Å²) in [7, 11) is 0. The molecule has 0 aliphatic carbocycles. The number of benzene rings is 1. The number of aliphatic carboxylic acids is 1. The molecule has 0 aromatic heterocycles. The number of hydrogen-bond donors (Lipinski definition) is 2. The van der Waals surface area contributed by atoms with E-state index in [-0.39, 0.29) is 5.56 Å². The Kier molecular flexibility index (Phi) is 2.76. The van der Waals surface area contributed by atoms with Gasteiger partial charge in [0.1, 0.15) is 6.10 Å². The van der Waals surface area contributed by atoms with Crippen LogP contribution in [-0.2, 0) is 9.59 Å². The summed E-state index contributed by atoms with van der Waals surface area (Å²) in [5, 5.41) is 17.5. The van der Waals surface area contributed by atoms with E-state index in [0.29, 0.717) is 0 Å². The lowest BCUT2D eigenvalue weighted by molar-refractivity contribution is -0.153. The SMILES string of the molecule is O=C(O)C(=O)[C@H](O)c1ccccc1. The van der Waals surface area contributed by atoms with Crippen LogP contribution in [0.2, 0.25) is 0 Å². The lowest BCUT2D eigenvalue weighted by Gasteiger charge is -2.05. The topological polar surface area (TPSA) is 74.6 Å². The lowest BCUT2D eigenvalue weighted by Crippen LogP contribution is -2.21. The van der Waals surface area contributed by atoms with E-state index in [1.165, 1.54) is 12.1 Å². The molecule has 0 radical (unpaired) electrons. The molecule has 0 unspecified atom stereocenters. The highest BCUT2D eigenvalue weighted by atomic mass is 16.4. The molecule has 1 atom stereocenters. The van der Waals surface area contributed by atoms with Crippen LogP contribution in [0.5, 0.6) is 0 Å². The lowest BCUT2D eigenvalue weighted by atomic mass is 10.1. The Morgan fingerprint density at radius 2 is 1.69 bits per heavy atom. The first-order chi connectivity index (χ1) is 6.13. The zero-order chi connectivity index (χ0) is 9.84. The maximum atomic E-state index is 10.8. The fourth-order valence-electron chi connectivity index (χ4n) is 0.904. The molecule has 0 bridgehead atoms. The molecule has 0 spiro atoms. The molecule has 0 amide bonds. The van der Waals surface area contributed by atoms with Crippen molar-refractivity contribution in [3.05, 3.63) is 35.9 Å². The molecule has 0 heterocycles. The molecule has 0 aliphatic heterocycles. The average Bonchev–Trinajstić information content (AvgIpc) is 2.17. The molecule has 4 nitrogen and oxygen atoms in total. The van der Waals surface area contributed by atoms with Crippen LogP contribution in [0.4, 0.5) is 0 Å². The molecular weight excluding hydrogens is 172 g/mol. The van der Waals surface area contributed by atoms with Crippen molar-refractivity contribution in [2.45, 2.75) is 6.10 Å². The van der Waals surface area contributed by atoms with Gasteiger partial charge in [0, 0.05) is 0 Å². The zero-order valence-electron chi connectivity index (χ0n) is 6.68. The third-order valence-corrected chi connectivity index (χ3v) is 1.57. The minimum atomic E-state index is -1.63. The van der Waals surface area contributed by atoms with Gasteiger partial charge in [0.15, 0.2) is 0 Å². The number of Topliss-reactive ketones (excluding diaryl/α,β-unsaturated/α-hetero) is 1. The second-order valence-electron chi connectivity index (χ2n) is 2.48. The van der Waals surface area contributed by atoms with Crippen molar-refractivity contribution in [2.24, 2.45) is 0 Å². The number of aliphatic hydroxyl groups excluding tert-OH is 1. The molecule has 1 rings (SSSR count). The molecule has 0 saturated heterocycles. The summed E-state index contributed by atoms with van der Waals surface area (Å²) >= 11 is 0. The summed E-state index contributed by atoms with van der Waals surface area (Å²) in [4.78, 5) is 21.0. The first-order valence-electron chi connectivity index (χ1n) is 3.63. The fraction of sp³-hybridized carbons (Fsp3) is 0.111. The molecule has 2 N–H and O–H groups in total. The standard InChI is InChI=1S/C9H8O4/c10-7(8(11)9(12)13)6-4-2-1-3-5-6/h1-5,7,10H,(H,12,13)/t7-/m1/s1. The summed E-state index contributed by atoms with van der Waals surface area (Å²) in [6.45, 7) is 0. The molecule has 0 aliphatic rings. The van der Waals surface area contributed by atoms with Crippen molar-refractivity contribution in [3.63, 3.8) is 0 Å². The van der Waals surface area contributed by atoms with Gasteiger partial charge in [-0.1, -0.05) is 30.3 Å². The van der Waals surface area contributed by atoms with Gasteiger partial charge in [-0.25, -0.2) is 4.79 Å².